The highest BCUT2D eigenvalue weighted by atomic mass is 32.1. The van der Waals surface area contributed by atoms with Crippen molar-refractivity contribution in [1.82, 2.24) is 10.3 Å². The van der Waals surface area contributed by atoms with Gasteiger partial charge in [-0.25, -0.2) is 9.37 Å². The Morgan fingerprint density at radius 2 is 1.95 bits per heavy atom. The van der Waals surface area contributed by atoms with Gasteiger partial charge in [-0.3, -0.25) is 4.79 Å². The molecule has 0 aromatic carbocycles. The minimum Gasteiger partial charge on any atom is -0.391 e. The molecule has 20 heavy (non-hydrogen) atoms. The number of hydrogen-bond donors (Lipinski definition) is 2. The Kier molecular flexibility index (Phi) is 4.65. The summed E-state index contributed by atoms with van der Waals surface area (Å²) >= 11 is 5.16. The van der Waals surface area contributed by atoms with E-state index in [0.717, 1.165) is 44.7 Å². The van der Waals surface area contributed by atoms with Gasteiger partial charge in [-0.15, -0.1) is 0 Å². The van der Waals surface area contributed by atoms with Crippen LogP contribution in [0.1, 0.15) is 49.0 Å². The predicted octanol–water partition coefficient (Wildman–Crippen LogP) is 2.33. The van der Waals surface area contributed by atoms with Crippen LogP contribution in [0.2, 0.25) is 0 Å². The molecule has 0 spiro atoms. The maximum atomic E-state index is 12.8. The Labute approximate surface area is 123 Å². The van der Waals surface area contributed by atoms with Gasteiger partial charge in [0.05, 0.1) is 16.7 Å². The molecule has 0 unspecified atom stereocenters. The number of aromatic nitrogens is 1. The lowest BCUT2D eigenvalue weighted by atomic mass is 9.90. The van der Waals surface area contributed by atoms with Crippen LogP contribution in [0.25, 0.3) is 0 Å². The minimum absolute atomic E-state index is 0.172. The second-order valence-electron chi connectivity index (χ2n) is 5.18. The van der Waals surface area contributed by atoms with Crippen molar-refractivity contribution in [2.24, 2.45) is 5.73 Å². The Hall–Kier alpha value is -1.56. The van der Waals surface area contributed by atoms with Crippen LogP contribution in [0, 0.1) is 5.82 Å². The average molecular weight is 295 g/mol. The molecule has 0 bridgehead atoms. The van der Waals surface area contributed by atoms with Crippen LogP contribution in [0.5, 0.6) is 0 Å². The zero-order chi connectivity index (χ0) is 14.6. The lowest BCUT2D eigenvalue weighted by Gasteiger charge is -2.32. The highest BCUT2D eigenvalue weighted by Crippen LogP contribution is 2.27. The van der Waals surface area contributed by atoms with Gasteiger partial charge in [0.1, 0.15) is 11.5 Å². The number of pyridine rings is 1. The monoisotopic (exact) mass is 295 g/mol. The molecule has 4 nitrogen and oxygen atoms in total. The standard InChI is InChI=1S/C14H18FN3OS/c15-10-5-6-11(17-9-10)12(19)18-14(13(16)20)7-3-1-2-4-8-14/h5-6,9H,1-4,7-8H2,(H2,16,20)(H,18,19). The average Bonchev–Trinajstić information content (AvgIpc) is 2.66. The maximum absolute atomic E-state index is 12.8. The summed E-state index contributed by atoms with van der Waals surface area (Å²) in [7, 11) is 0. The van der Waals surface area contributed by atoms with E-state index in [2.05, 4.69) is 10.3 Å². The zero-order valence-corrected chi connectivity index (χ0v) is 12.0. The second kappa shape index (κ2) is 6.26. The first-order valence-corrected chi connectivity index (χ1v) is 7.18. The molecule has 6 heteroatoms. The van der Waals surface area contributed by atoms with Crippen molar-refractivity contribution < 1.29 is 9.18 Å². The summed E-state index contributed by atoms with van der Waals surface area (Å²) in [5.74, 6) is -0.834. The Morgan fingerprint density at radius 3 is 2.45 bits per heavy atom. The first-order valence-electron chi connectivity index (χ1n) is 6.77. The zero-order valence-electron chi connectivity index (χ0n) is 11.2. The van der Waals surface area contributed by atoms with Gasteiger partial charge in [-0.2, -0.15) is 0 Å². The molecule has 0 aliphatic heterocycles. The first kappa shape index (κ1) is 14.8. The van der Waals surface area contributed by atoms with Crippen LogP contribution in [-0.4, -0.2) is 21.4 Å². The predicted molar refractivity (Wildman–Crippen MR) is 78.9 cm³/mol. The van der Waals surface area contributed by atoms with E-state index in [1.807, 2.05) is 0 Å². The topological polar surface area (TPSA) is 68.0 Å². The number of halogens is 1. The van der Waals surface area contributed by atoms with Gasteiger partial charge in [-0.05, 0) is 25.0 Å². The van der Waals surface area contributed by atoms with Crippen molar-refractivity contribution in [3.8, 4) is 0 Å². The molecule has 108 valence electrons. The van der Waals surface area contributed by atoms with Gasteiger partial charge in [0.2, 0.25) is 0 Å². The van der Waals surface area contributed by atoms with Crippen LogP contribution >= 0.6 is 12.2 Å². The highest BCUT2D eigenvalue weighted by molar-refractivity contribution is 7.80. The van der Waals surface area contributed by atoms with E-state index in [0.29, 0.717) is 4.99 Å². The summed E-state index contributed by atoms with van der Waals surface area (Å²) in [6.45, 7) is 0. The van der Waals surface area contributed by atoms with Crippen LogP contribution in [-0.2, 0) is 0 Å². The van der Waals surface area contributed by atoms with Gasteiger partial charge < -0.3 is 11.1 Å². The van der Waals surface area contributed by atoms with E-state index in [4.69, 9.17) is 18.0 Å². The van der Waals surface area contributed by atoms with Gasteiger partial charge >= 0.3 is 0 Å². The number of nitrogens with zero attached hydrogens (tertiary/aromatic N) is 1. The van der Waals surface area contributed by atoms with Gasteiger partial charge in [-0.1, -0.05) is 37.9 Å². The molecule has 0 radical (unpaired) electrons. The fourth-order valence-corrected chi connectivity index (χ4v) is 2.81. The number of nitrogens with two attached hydrogens (primary N) is 1. The molecule has 1 aliphatic rings. The van der Waals surface area contributed by atoms with Gasteiger partial charge in [0, 0.05) is 0 Å². The number of carbonyl (C=O) groups is 1. The molecule has 1 aliphatic carbocycles. The third kappa shape index (κ3) is 3.30. The molecule has 1 aromatic rings. The summed E-state index contributed by atoms with van der Waals surface area (Å²) in [5, 5.41) is 2.92. The third-order valence-corrected chi connectivity index (χ3v) is 4.13. The largest absolute Gasteiger partial charge is 0.391 e. The quantitative estimate of drug-likeness (QED) is 0.663. The summed E-state index contributed by atoms with van der Waals surface area (Å²) in [5.41, 5.74) is 5.39. The SMILES string of the molecule is NC(=S)C1(NC(=O)c2ccc(F)cn2)CCCCCC1. The lowest BCUT2D eigenvalue weighted by Crippen LogP contribution is -2.56. The molecule has 1 aromatic heterocycles. The van der Waals surface area contributed by atoms with Crippen molar-refractivity contribution in [2.75, 3.05) is 0 Å². The van der Waals surface area contributed by atoms with Crippen molar-refractivity contribution in [1.29, 1.82) is 0 Å². The Bertz CT molecular complexity index is 496. The van der Waals surface area contributed by atoms with E-state index in [-0.39, 0.29) is 11.6 Å². The van der Waals surface area contributed by atoms with E-state index in [9.17, 15) is 9.18 Å². The van der Waals surface area contributed by atoms with Crippen LogP contribution in [0.4, 0.5) is 4.39 Å². The molecular formula is C14H18FN3OS. The smallest absolute Gasteiger partial charge is 0.270 e. The highest BCUT2D eigenvalue weighted by Gasteiger charge is 2.35. The Morgan fingerprint density at radius 1 is 1.30 bits per heavy atom. The lowest BCUT2D eigenvalue weighted by molar-refractivity contribution is 0.0912. The number of thiocarbonyl (C=S) groups is 1. The number of hydrogen-bond acceptors (Lipinski definition) is 3. The van der Waals surface area contributed by atoms with Gasteiger partial charge in [0.15, 0.2) is 0 Å². The van der Waals surface area contributed by atoms with Crippen LogP contribution in [0.15, 0.2) is 18.3 Å². The van der Waals surface area contributed by atoms with Crippen molar-refractivity contribution in [2.45, 2.75) is 44.1 Å². The van der Waals surface area contributed by atoms with Crippen molar-refractivity contribution >= 4 is 23.1 Å². The Balaban J connectivity index is 2.17. The number of carbonyl (C=O) groups excluding carboxylic acids is 1. The fraction of sp³-hybridized carbons (Fsp3) is 0.500. The van der Waals surface area contributed by atoms with Crippen LogP contribution < -0.4 is 11.1 Å². The molecule has 1 saturated carbocycles. The number of amides is 1. The molecular weight excluding hydrogens is 277 g/mol. The van der Waals surface area contributed by atoms with Gasteiger partial charge in [0.25, 0.3) is 5.91 Å². The normalized spacial score (nSPS) is 18.1. The third-order valence-electron chi connectivity index (χ3n) is 3.74. The number of nitrogens with one attached hydrogen (secondary N) is 1. The molecule has 0 atom stereocenters. The molecule has 0 saturated heterocycles. The van der Waals surface area contributed by atoms with Crippen molar-refractivity contribution in [3.05, 3.63) is 29.8 Å². The summed E-state index contributed by atoms with van der Waals surface area (Å²) < 4.78 is 12.8. The molecule has 1 fully saturated rings. The minimum atomic E-state index is -0.640. The molecule has 2 rings (SSSR count). The van der Waals surface area contributed by atoms with E-state index in [1.165, 1.54) is 12.1 Å². The summed E-state index contributed by atoms with van der Waals surface area (Å²) in [6, 6.07) is 2.57. The van der Waals surface area contributed by atoms with E-state index in [1.54, 1.807) is 0 Å². The second-order valence-corrected chi connectivity index (χ2v) is 5.62. The van der Waals surface area contributed by atoms with E-state index < -0.39 is 11.4 Å². The maximum Gasteiger partial charge on any atom is 0.270 e. The summed E-state index contributed by atoms with van der Waals surface area (Å²) in [6.07, 6.45) is 6.72. The summed E-state index contributed by atoms with van der Waals surface area (Å²) in [4.78, 5) is 16.3. The molecule has 1 amide bonds. The first-order chi connectivity index (χ1) is 9.53. The van der Waals surface area contributed by atoms with E-state index >= 15 is 0 Å². The number of rotatable bonds is 3. The fourth-order valence-electron chi connectivity index (χ4n) is 2.56. The van der Waals surface area contributed by atoms with Crippen LogP contribution in [0.3, 0.4) is 0 Å². The van der Waals surface area contributed by atoms with Crippen molar-refractivity contribution in [3.63, 3.8) is 0 Å². The molecule has 3 N–H and O–H groups in total. The molecule has 1 heterocycles.